The van der Waals surface area contributed by atoms with Crippen molar-refractivity contribution >= 4 is 5.95 Å². The van der Waals surface area contributed by atoms with Gasteiger partial charge in [0.1, 0.15) is 5.82 Å². The fourth-order valence-corrected chi connectivity index (χ4v) is 3.15. The number of benzene rings is 1. The van der Waals surface area contributed by atoms with Crippen LogP contribution in [0.25, 0.3) is 0 Å². The molecule has 1 fully saturated rings. The minimum Gasteiger partial charge on any atom is -0.353 e. The van der Waals surface area contributed by atoms with Gasteiger partial charge in [-0.05, 0) is 43.9 Å². The van der Waals surface area contributed by atoms with Crippen molar-refractivity contribution < 1.29 is 4.39 Å². The van der Waals surface area contributed by atoms with Crippen LogP contribution in [-0.2, 0) is 6.42 Å². The summed E-state index contributed by atoms with van der Waals surface area (Å²) in [6.07, 6.45) is 9.92. The Hall–Kier alpha value is -1.84. The molecule has 0 aliphatic heterocycles. The van der Waals surface area contributed by atoms with E-state index >= 15 is 0 Å². The SMILES string of the molecule is CC(Cc1ccc(F)cc1)Nc1nccn1C1CCCC1. The number of nitrogens with zero attached hydrogens (tertiary/aromatic N) is 2. The molecule has 0 radical (unpaired) electrons. The molecule has 1 aromatic heterocycles. The van der Waals surface area contributed by atoms with E-state index in [2.05, 4.69) is 28.0 Å². The summed E-state index contributed by atoms with van der Waals surface area (Å²) < 4.78 is 15.2. The molecular weight excluding hydrogens is 265 g/mol. The maximum atomic E-state index is 12.9. The van der Waals surface area contributed by atoms with E-state index in [0.29, 0.717) is 6.04 Å². The molecule has 1 aliphatic carbocycles. The lowest BCUT2D eigenvalue weighted by molar-refractivity contribution is 0.520. The molecule has 1 heterocycles. The molecule has 0 bridgehead atoms. The smallest absolute Gasteiger partial charge is 0.203 e. The van der Waals surface area contributed by atoms with Crippen molar-refractivity contribution in [3.63, 3.8) is 0 Å². The molecule has 3 rings (SSSR count). The van der Waals surface area contributed by atoms with Gasteiger partial charge in [0.05, 0.1) is 0 Å². The zero-order chi connectivity index (χ0) is 14.7. The number of anilines is 1. The zero-order valence-electron chi connectivity index (χ0n) is 12.4. The Morgan fingerprint density at radius 3 is 2.71 bits per heavy atom. The quantitative estimate of drug-likeness (QED) is 0.894. The van der Waals surface area contributed by atoms with Gasteiger partial charge in [-0.25, -0.2) is 9.37 Å². The van der Waals surface area contributed by atoms with Crippen molar-refractivity contribution in [3.8, 4) is 0 Å². The van der Waals surface area contributed by atoms with Crippen LogP contribution >= 0.6 is 0 Å². The zero-order valence-corrected chi connectivity index (χ0v) is 12.4. The lowest BCUT2D eigenvalue weighted by Crippen LogP contribution is -2.21. The second-order valence-corrected chi connectivity index (χ2v) is 5.97. The van der Waals surface area contributed by atoms with Crippen LogP contribution in [0.3, 0.4) is 0 Å². The first-order valence-corrected chi connectivity index (χ1v) is 7.76. The van der Waals surface area contributed by atoms with Crippen LogP contribution in [-0.4, -0.2) is 15.6 Å². The van der Waals surface area contributed by atoms with Gasteiger partial charge in [-0.1, -0.05) is 25.0 Å². The lowest BCUT2D eigenvalue weighted by atomic mass is 10.1. The Morgan fingerprint density at radius 1 is 1.29 bits per heavy atom. The minimum atomic E-state index is -0.184. The highest BCUT2D eigenvalue weighted by atomic mass is 19.1. The number of hydrogen-bond donors (Lipinski definition) is 1. The van der Waals surface area contributed by atoms with Gasteiger partial charge in [0.15, 0.2) is 0 Å². The monoisotopic (exact) mass is 287 g/mol. The van der Waals surface area contributed by atoms with Gasteiger partial charge in [0, 0.05) is 24.5 Å². The number of nitrogens with one attached hydrogen (secondary N) is 1. The molecule has 0 saturated heterocycles. The number of rotatable bonds is 5. The number of imidazole rings is 1. The predicted molar refractivity (Wildman–Crippen MR) is 82.9 cm³/mol. The van der Waals surface area contributed by atoms with Crippen molar-refractivity contribution in [1.29, 1.82) is 0 Å². The third-order valence-electron chi connectivity index (χ3n) is 4.22. The molecule has 1 atom stereocenters. The summed E-state index contributed by atoms with van der Waals surface area (Å²) in [5.74, 6) is 0.771. The molecule has 21 heavy (non-hydrogen) atoms. The van der Waals surface area contributed by atoms with Gasteiger partial charge >= 0.3 is 0 Å². The fourth-order valence-electron chi connectivity index (χ4n) is 3.15. The average Bonchev–Trinajstić information content (AvgIpc) is 3.11. The summed E-state index contributed by atoms with van der Waals surface area (Å²) in [7, 11) is 0. The van der Waals surface area contributed by atoms with Gasteiger partial charge in [-0.2, -0.15) is 0 Å². The predicted octanol–water partition coefficient (Wildman–Crippen LogP) is 4.18. The van der Waals surface area contributed by atoms with E-state index in [4.69, 9.17) is 0 Å². The Bertz CT molecular complexity index is 570. The van der Waals surface area contributed by atoms with Crippen LogP contribution in [0.1, 0.15) is 44.2 Å². The first kappa shape index (κ1) is 14.1. The minimum absolute atomic E-state index is 0.184. The van der Waals surface area contributed by atoms with Crippen LogP contribution in [0.15, 0.2) is 36.7 Å². The largest absolute Gasteiger partial charge is 0.353 e. The molecule has 1 saturated carbocycles. The summed E-state index contributed by atoms with van der Waals surface area (Å²) in [5.41, 5.74) is 1.13. The van der Waals surface area contributed by atoms with Crippen molar-refractivity contribution in [2.75, 3.05) is 5.32 Å². The van der Waals surface area contributed by atoms with E-state index in [1.54, 1.807) is 0 Å². The summed E-state index contributed by atoms with van der Waals surface area (Å²) in [5, 5.41) is 3.49. The Labute approximate surface area is 125 Å². The molecule has 1 N–H and O–H groups in total. The van der Waals surface area contributed by atoms with E-state index in [9.17, 15) is 4.39 Å². The Morgan fingerprint density at radius 2 is 2.00 bits per heavy atom. The lowest BCUT2D eigenvalue weighted by Gasteiger charge is -2.19. The highest BCUT2D eigenvalue weighted by Crippen LogP contribution is 2.31. The second-order valence-electron chi connectivity index (χ2n) is 5.97. The Balaban J connectivity index is 1.63. The van der Waals surface area contributed by atoms with E-state index in [1.165, 1.54) is 37.8 Å². The van der Waals surface area contributed by atoms with Gasteiger partial charge in [-0.15, -0.1) is 0 Å². The van der Waals surface area contributed by atoms with Crippen molar-refractivity contribution in [1.82, 2.24) is 9.55 Å². The fraction of sp³-hybridized carbons (Fsp3) is 0.471. The average molecular weight is 287 g/mol. The molecule has 2 aromatic rings. The molecule has 112 valence electrons. The second kappa shape index (κ2) is 6.29. The maximum absolute atomic E-state index is 12.9. The van der Waals surface area contributed by atoms with Crippen LogP contribution < -0.4 is 5.32 Å². The van der Waals surface area contributed by atoms with Crippen LogP contribution in [0.4, 0.5) is 10.3 Å². The van der Waals surface area contributed by atoms with Gasteiger partial charge in [0.25, 0.3) is 0 Å². The van der Waals surface area contributed by atoms with E-state index < -0.39 is 0 Å². The summed E-state index contributed by atoms with van der Waals surface area (Å²) >= 11 is 0. The molecule has 0 amide bonds. The highest BCUT2D eigenvalue weighted by molar-refractivity contribution is 5.30. The molecule has 4 heteroatoms. The number of aromatic nitrogens is 2. The third-order valence-corrected chi connectivity index (χ3v) is 4.22. The molecule has 3 nitrogen and oxygen atoms in total. The van der Waals surface area contributed by atoms with Crippen LogP contribution in [0.2, 0.25) is 0 Å². The molecule has 0 spiro atoms. The van der Waals surface area contributed by atoms with E-state index in [-0.39, 0.29) is 11.9 Å². The highest BCUT2D eigenvalue weighted by Gasteiger charge is 2.19. The van der Waals surface area contributed by atoms with Crippen LogP contribution in [0, 0.1) is 5.82 Å². The van der Waals surface area contributed by atoms with E-state index in [0.717, 1.165) is 17.9 Å². The van der Waals surface area contributed by atoms with Gasteiger partial charge in [0.2, 0.25) is 5.95 Å². The van der Waals surface area contributed by atoms with Gasteiger partial charge < -0.3 is 9.88 Å². The van der Waals surface area contributed by atoms with Crippen molar-refractivity contribution in [2.45, 2.75) is 51.1 Å². The number of hydrogen-bond acceptors (Lipinski definition) is 2. The maximum Gasteiger partial charge on any atom is 0.203 e. The molecule has 1 aliphatic rings. The summed E-state index contributed by atoms with van der Waals surface area (Å²) in [6, 6.07) is 7.57. The molecule has 1 unspecified atom stereocenters. The Kier molecular flexibility index (Phi) is 4.23. The number of halogens is 1. The van der Waals surface area contributed by atoms with Gasteiger partial charge in [-0.3, -0.25) is 0 Å². The standard InChI is InChI=1S/C17H22FN3/c1-13(12-14-6-8-15(18)9-7-14)20-17-19-10-11-21(17)16-4-2-3-5-16/h6-11,13,16H,2-5,12H2,1H3,(H,19,20). The first-order chi connectivity index (χ1) is 10.2. The van der Waals surface area contributed by atoms with E-state index in [1.807, 2.05) is 18.3 Å². The first-order valence-electron chi connectivity index (χ1n) is 7.76. The summed E-state index contributed by atoms with van der Waals surface area (Å²) in [6.45, 7) is 2.14. The van der Waals surface area contributed by atoms with Crippen molar-refractivity contribution in [3.05, 3.63) is 48.0 Å². The molecule has 1 aromatic carbocycles. The van der Waals surface area contributed by atoms with Crippen molar-refractivity contribution in [2.24, 2.45) is 0 Å². The topological polar surface area (TPSA) is 29.9 Å². The summed E-state index contributed by atoms with van der Waals surface area (Å²) in [4.78, 5) is 4.45. The third kappa shape index (κ3) is 3.43. The normalized spacial score (nSPS) is 17.0. The molecular formula is C17H22FN3. The van der Waals surface area contributed by atoms with Crippen LogP contribution in [0.5, 0.6) is 0 Å².